The first kappa shape index (κ1) is 23.5. The summed E-state index contributed by atoms with van der Waals surface area (Å²) in [4.78, 5) is 29.6. The molecule has 0 spiro atoms. The highest BCUT2D eigenvalue weighted by molar-refractivity contribution is 6.26. The number of methoxy groups -OCH3 is 2. The number of rotatable bonds is 5. The third kappa shape index (κ3) is 3.46. The lowest BCUT2D eigenvalue weighted by molar-refractivity contribution is -0.122. The maximum Gasteiger partial charge on any atom is 0.238 e. The molecule has 0 aromatic heterocycles. The summed E-state index contributed by atoms with van der Waals surface area (Å²) in [5.74, 6) is 0.225. The van der Waals surface area contributed by atoms with Crippen molar-refractivity contribution in [2.75, 3.05) is 19.1 Å². The van der Waals surface area contributed by atoms with Gasteiger partial charge < -0.3 is 9.47 Å². The van der Waals surface area contributed by atoms with Gasteiger partial charge in [-0.15, -0.1) is 0 Å². The smallest absolute Gasteiger partial charge is 0.238 e. The van der Waals surface area contributed by atoms with Gasteiger partial charge in [-0.25, -0.2) is 4.90 Å². The molecule has 1 saturated heterocycles. The summed E-state index contributed by atoms with van der Waals surface area (Å²) in [6.07, 6.45) is 4.26. The van der Waals surface area contributed by atoms with Crippen molar-refractivity contribution in [1.29, 1.82) is 0 Å². The lowest BCUT2D eigenvalue weighted by Gasteiger charge is -2.22. The molecule has 2 fully saturated rings. The second kappa shape index (κ2) is 8.98. The number of ether oxygens (including phenoxy) is 2. The highest BCUT2D eigenvalue weighted by Gasteiger charge is 2.62. The summed E-state index contributed by atoms with van der Waals surface area (Å²) in [6.45, 7) is 0. The van der Waals surface area contributed by atoms with E-state index in [1.54, 1.807) is 14.2 Å². The van der Waals surface area contributed by atoms with Gasteiger partial charge in [-0.2, -0.15) is 0 Å². The molecule has 2 bridgehead atoms. The number of benzene rings is 4. The molecule has 4 atom stereocenters. The van der Waals surface area contributed by atoms with Crippen LogP contribution < -0.4 is 14.4 Å². The van der Waals surface area contributed by atoms with Crippen LogP contribution in [0.25, 0.3) is 16.3 Å². The second-order valence-electron chi connectivity index (χ2n) is 10.3. The molecule has 2 amide bonds. The van der Waals surface area contributed by atoms with Crippen molar-refractivity contribution >= 4 is 33.8 Å². The molecule has 5 heteroatoms. The van der Waals surface area contributed by atoms with E-state index in [1.165, 1.54) is 4.90 Å². The molecule has 1 heterocycles. The number of hydrogen-bond acceptors (Lipinski definition) is 4. The third-order valence-corrected chi connectivity index (χ3v) is 8.47. The summed E-state index contributed by atoms with van der Waals surface area (Å²) >= 11 is 0. The molecule has 5 nitrogen and oxygen atoms in total. The Kier molecular flexibility index (Phi) is 5.41. The lowest BCUT2D eigenvalue weighted by atomic mass is 9.85. The Balaban J connectivity index is 1.36. The summed E-state index contributed by atoms with van der Waals surface area (Å²) in [7, 11) is 3.30. The maximum atomic E-state index is 14.1. The normalized spacial score (nSPS) is 23.0. The second-order valence-corrected chi connectivity index (χ2v) is 10.3. The van der Waals surface area contributed by atoms with Gasteiger partial charge in [-0.3, -0.25) is 9.59 Å². The molecule has 0 radical (unpaired) electrons. The van der Waals surface area contributed by atoms with Gasteiger partial charge in [0.15, 0.2) is 0 Å². The minimum Gasteiger partial charge on any atom is -0.497 e. The van der Waals surface area contributed by atoms with E-state index >= 15 is 0 Å². The Hall–Kier alpha value is -4.64. The first-order valence-electron chi connectivity index (χ1n) is 13.2. The monoisotopic (exact) mass is 513 g/mol. The van der Waals surface area contributed by atoms with E-state index in [1.807, 2.05) is 91.0 Å². The van der Waals surface area contributed by atoms with Gasteiger partial charge in [0.25, 0.3) is 0 Å². The van der Waals surface area contributed by atoms with Crippen molar-refractivity contribution in [3.8, 4) is 11.5 Å². The Labute approximate surface area is 227 Å². The van der Waals surface area contributed by atoms with E-state index in [2.05, 4.69) is 12.2 Å². The molecule has 192 valence electrons. The quantitative estimate of drug-likeness (QED) is 0.233. The standard InChI is InChI=1S/C34H27NO4/c1-38-23-14-10-21(11-15-23)29(22-12-16-24(39-2)17-13-22)30-26-18-19-27(30)32-31(26)33(36)35(34(32)37)28-9-5-7-20-6-3-4-8-25(20)28/h3-19,26-27,31-32H,1-2H3/t26-,27-,31+,32+/m1/s1. The largest absolute Gasteiger partial charge is 0.497 e. The molecule has 4 aromatic carbocycles. The van der Waals surface area contributed by atoms with Crippen LogP contribution in [-0.4, -0.2) is 26.0 Å². The maximum absolute atomic E-state index is 14.1. The molecule has 1 aliphatic heterocycles. The van der Waals surface area contributed by atoms with Crippen molar-refractivity contribution in [2.24, 2.45) is 23.7 Å². The van der Waals surface area contributed by atoms with Crippen LogP contribution >= 0.6 is 0 Å². The van der Waals surface area contributed by atoms with Crippen molar-refractivity contribution in [1.82, 2.24) is 0 Å². The Morgan fingerprint density at radius 1 is 0.641 bits per heavy atom. The van der Waals surface area contributed by atoms with Crippen LogP contribution in [0, 0.1) is 23.7 Å². The van der Waals surface area contributed by atoms with Gasteiger partial charge in [-0.1, -0.05) is 72.8 Å². The van der Waals surface area contributed by atoms with Gasteiger partial charge in [0.05, 0.1) is 31.7 Å². The van der Waals surface area contributed by atoms with Crippen LogP contribution in [-0.2, 0) is 9.59 Å². The minimum atomic E-state index is -0.409. The number of allylic oxidation sites excluding steroid dienone is 3. The van der Waals surface area contributed by atoms with E-state index in [0.29, 0.717) is 5.69 Å². The SMILES string of the molecule is COc1ccc(C(=C2[C@H]3C=C[C@H]2[C@@H]2C(=O)N(c4cccc5ccccc45)C(=O)[C@H]23)c2ccc(OC)cc2)cc1. The predicted molar refractivity (Wildman–Crippen MR) is 152 cm³/mol. The number of imide groups is 1. The van der Waals surface area contributed by atoms with Gasteiger partial charge in [-0.05, 0) is 58.0 Å². The summed E-state index contributed by atoms with van der Waals surface area (Å²) in [6, 6.07) is 29.7. The van der Waals surface area contributed by atoms with Crippen molar-refractivity contribution in [3.05, 3.63) is 120 Å². The molecule has 0 N–H and O–H groups in total. The fourth-order valence-corrected chi connectivity index (χ4v) is 6.75. The zero-order valence-corrected chi connectivity index (χ0v) is 21.7. The third-order valence-electron chi connectivity index (χ3n) is 8.47. The highest BCUT2D eigenvalue weighted by atomic mass is 16.5. The average Bonchev–Trinajstić information content (AvgIpc) is 3.62. The van der Waals surface area contributed by atoms with Crippen LogP contribution in [0.4, 0.5) is 5.69 Å². The Bertz CT molecular complexity index is 1590. The van der Waals surface area contributed by atoms with Gasteiger partial charge in [0.1, 0.15) is 11.5 Å². The van der Waals surface area contributed by atoms with E-state index in [4.69, 9.17) is 9.47 Å². The first-order valence-corrected chi connectivity index (χ1v) is 13.2. The van der Waals surface area contributed by atoms with Crippen molar-refractivity contribution in [3.63, 3.8) is 0 Å². The average molecular weight is 514 g/mol. The molecule has 3 aliphatic rings. The number of anilines is 1. The van der Waals surface area contributed by atoms with Crippen LogP contribution in [0.2, 0.25) is 0 Å². The summed E-state index contributed by atoms with van der Waals surface area (Å²) in [5.41, 5.74) is 4.93. The number of carbonyl (C=O) groups is 2. The molecule has 2 aliphatic carbocycles. The van der Waals surface area contributed by atoms with Crippen LogP contribution in [0.3, 0.4) is 0 Å². The number of carbonyl (C=O) groups excluding carboxylic acids is 2. The van der Waals surface area contributed by atoms with Gasteiger partial charge >= 0.3 is 0 Å². The molecular weight excluding hydrogens is 486 g/mol. The number of fused-ring (bicyclic) bond motifs is 6. The predicted octanol–water partition coefficient (Wildman–Crippen LogP) is 6.28. The molecule has 7 rings (SSSR count). The fraction of sp³-hybridized carbons (Fsp3) is 0.176. The summed E-state index contributed by atoms with van der Waals surface area (Å²) < 4.78 is 10.8. The number of amides is 2. The molecule has 39 heavy (non-hydrogen) atoms. The van der Waals surface area contributed by atoms with E-state index in [0.717, 1.165) is 44.5 Å². The molecule has 1 saturated carbocycles. The molecule has 4 aromatic rings. The van der Waals surface area contributed by atoms with Crippen molar-refractivity contribution in [2.45, 2.75) is 0 Å². The zero-order chi connectivity index (χ0) is 26.7. The lowest BCUT2D eigenvalue weighted by Crippen LogP contribution is -2.33. The van der Waals surface area contributed by atoms with Crippen LogP contribution in [0.1, 0.15) is 11.1 Å². The molecular formula is C34H27NO4. The van der Waals surface area contributed by atoms with E-state index < -0.39 is 11.8 Å². The van der Waals surface area contributed by atoms with E-state index in [9.17, 15) is 9.59 Å². The van der Waals surface area contributed by atoms with Gasteiger partial charge in [0.2, 0.25) is 11.8 Å². The van der Waals surface area contributed by atoms with Crippen LogP contribution in [0.15, 0.2) is 109 Å². The Morgan fingerprint density at radius 2 is 1.15 bits per heavy atom. The van der Waals surface area contributed by atoms with Gasteiger partial charge in [0, 0.05) is 17.2 Å². The van der Waals surface area contributed by atoms with Crippen LogP contribution in [0.5, 0.6) is 11.5 Å². The minimum absolute atomic E-state index is 0.112. The Morgan fingerprint density at radius 3 is 1.69 bits per heavy atom. The molecule has 0 unspecified atom stereocenters. The number of hydrogen-bond donors (Lipinski definition) is 0. The fourth-order valence-electron chi connectivity index (χ4n) is 6.75. The first-order chi connectivity index (χ1) is 19.1. The summed E-state index contributed by atoms with van der Waals surface area (Å²) in [5, 5.41) is 1.92. The van der Waals surface area contributed by atoms with E-state index in [-0.39, 0.29) is 23.7 Å². The van der Waals surface area contributed by atoms with Crippen molar-refractivity contribution < 1.29 is 19.1 Å². The number of nitrogens with zero attached hydrogens (tertiary/aromatic N) is 1. The topological polar surface area (TPSA) is 55.8 Å². The zero-order valence-electron chi connectivity index (χ0n) is 21.7. The highest BCUT2D eigenvalue weighted by Crippen LogP contribution is 2.59.